The predicted octanol–water partition coefficient (Wildman–Crippen LogP) is 2.73. The van der Waals surface area contributed by atoms with Crippen LogP contribution in [0.15, 0.2) is 24.3 Å². The molecule has 140 valence electrons. The maximum Gasteiger partial charge on any atom is 0.251 e. The number of hydrogen-bond acceptors (Lipinski definition) is 3. The van der Waals surface area contributed by atoms with Crippen LogP contribution in [-0.2, 0) is 4.79 Å². The normalized spacial score (nSPS) is 14.7. The van der Waals surface area contributed by atoms with E-state index in [1.54, 1.807) is 24.3 Å². The van der Waals surface area contributed by atoms with Crippen LogP contribution in [-0.4, -0.2) is 49.9 Å². The van der Waals surface area contributed by atoms with E-state index in [1.165, 1.54) is 0 Å². The average Bonchev–Trinajstić information content (AvgIpc) is 2.60. The lowest BCUT2D eigenvalue weighted by atomic mass is 9.96. The molecule has 0 spiro atoms. The van der Waals surface area contributed by atoms with E-state index in [0.29, 0.717) is 35.9 Å². The van der Waals surface area contributed by atoms with Gasteiger partial charge in [0.2, 0.25) is 5.91 Å². The van der Waals surface area contributed by atoms with E-state index in [0.717, 1.165) is 32.5 Å². The maximum absolute atomic E-state index is 12.2. The Hall–Kier alpha value is -1.30. The SMILES string of the molecule is CNCC1CCN(C(=O)CCCNC(=O)c2ccc(Cl)cc2)CC1.Cl. The van der Waals surface area contributed by atoms with Gasteiger partial charge in [0.05, 0.1) is 0 Å². The Labute approximate surface area is 160 Å². The molecule has 0 aromatic heterocycles. The highest BCUT2D eigenvalue weighted by molar-refractivity contribution is 6.30. The lowest BCUT2D eigenvalue weighted by molar-refractivity contribution is -0.132. The molecule has 5 nitrogen and oxygen atoms in total. The zero-order valence-corrected chi connectivity index (χ0v) is 16.2. The lowest BCUT2D eigenvalue weighted by Crippen LogP contribution is -2.40. The van der Waals surface area contributed by atoms with Crippen molar-refractivity contribution >= 4 is 35.8 Å². The number of carbonyl (C=O) groups excluding carboxylic acids is 2. The second-order valence-electron chi connectivity index (χ2n) is 6.25. The zero-order chi connectivity index (χ0) is 17.4. The first-order chi connectivity index (χ1) is 11.6. The highest BCUT2D eigenvalue weighted by atomic mass is 35.5. The van der Waals surface area contributed by atoms with E-state index in [2.05, 4.69) is 10.6 Å². The molecule has 1 saturated heterocycles. The molecule has 0 aliphatic carbocycles. The summed E-state index contributed by atoms with van der Waals surface area (Å²) in [7, 11) is 1.97. The molecule has 1 heterocycles. The fraction of sp³-hybridized carbons (Fsp3) is 0.556. The summed E-state index contributed by atoms with van der Waals surface area (Å²) in [6.07, 6.45) is 3.28. The number of halogens is 2. The maximum atomic E-state index is 12.2. The molecular formula is C18H27Cl2N3O2. The number of piperidine rings is 1. The van der Waals surface area contributed by atoms with E-state index in [9.17, 15) is 9.59 Å². The molecule has 25 heavy (non-hydrogen) atoms. The molecule has 1 aliphatic heterocycles. The number of benzene rings is 1. The van der Waals surface area contributed by atoms with Gasteiger partial charge in [-0.2, -0.15) is 0 Å². The van der Waals surface area contributed by atoms with Crippen LogP contribution >= 0.6 is 24.0 Å². The molecule has 0 unspecified atom stereocenters. The Morgan fingerprint density at radius 2 is 1.84 bits per heavy atom. The molecule has 0 bridgehead atoms. The summed E-state index contributed by atoms with van der Waals surface area (Å²) in [5.41, 5.74) is 0.581. The molecule has 2 amide bonds. The second kappa shape index (κ2) is 11.3. The van der Waals surface area contributed by atoms with Crippen LogP contribution in [0.4, 0.5) is 0 Å². The van der Waals surface area contributed by atoms with E-state index in [1.807, 2.05) is 11.9 Å². The Bertz CT molecular complexity index is 544. The minimum absolute atomic E-state index is 0. The van der Waals surface area contributed by atoms with E-state index in [-0.39, 0.29) is 24.2 Å². The molecule has 0 atom stereocenters. The topological polar surface area (TPSA) is 61.4 Å². The Morgan fingerprint density at radius 3 is 2.44 bits per heavy atom. The molecule has 0 radical (unpaired) electrons. The van der Waals surface area contributed by atoms with Gasteiger partial charge >= 0.3 is 0 Å². The highest BCUT2D eigenvalue weighted by Gasteiger charge is 2.21. The molecule has 1 aromatic rings. The molecule has 7 heteroatoms. The van der Waals surface area contributed by atoms with Crippen LogP contribution < -0.4 is 10.6 Å². The third-order valence-electron chi connectivity index (χ3n) is 4.42. The Balaban J connectivity index is 0.00000312. The summed E-state index contributed by atoms with van der Waals surface area (Å²) >= 11 is 5.80. The van der Waals surface area contributed by atoms with Gasteiger partial charge in [0, 0.05) is 36.6 Å². The van der Waals surface area contributed by atoms with Crippen molar-refractivity contribution in [3.8, 4) is 0 Å². The third kappa shape index (κ3) is 7.22. The quantitative estimate of drug-likeness (QED) is 0.707. The van der Waals surface area contributed by atoms with Crippen molar-refractivity contribution < 1.29 is 9.59 Å². The number of nitrogens with zero attached hydrogens (tertiary/aromatic N) is 1. The van der Waals surface area contributed by atoms with Crippen LogP contribution in [0, 0.1) is 5.92 Å². The van der Waals surface area contributed by atoms with E-state index < -0.39 is 0 Å². The highest BCUT2D eigenvalue weighted by Crippen LogP contribution is 2.17. The van der Waals surface area contributed by atoms with Gasteiger partial charge in [-0.15, -0.1) is 12.4 Å². The summed E-state index contributed by atoms with van der Waals surface area (Å²) in [4.78, 5) is 26.1. The van der Waals surface area contributed by atoms with E-state index in [4.69, 9.17) is 11.6 Å². The molecule has 2 rings (SSSR count). The largest absolute Gasteiger partial charge is 0.352 e. The fourth-order valence-corrected chi connectivity index (χ4v) is 3.10. The summed E-state index contributed by atoms with van der Waals surface area (Å²) in [6, 6.07) is 6.77. The van der Waals surface area contributed by atoms with Crippen molar-refractivity contribution in [2.45, 2.75) is 25.7 Å². The van der Waals surface area contributed by atoms with Crippen molar-refractivity contribution in [3.05, 3.63) is 34.9 Å². The first kappa shape index (κ1) is 21.7. The van der Waals surface area contributed by atoms with Gasteiger partial charge in [0.25, 0.3) is 5.91 Å². The average molecular weight is 388 g/mol. The van der Waals surface area contributed by atoms with Gasteiger partial charge in [-0.3, -0.25) is 9.59 Å². The molecule has 1 fully saturated rings. The standard InChI is InChI=1S/C18H26ClN3O2.ClH/c1-20-13-14-8-11-22(12-9-14)17(23)3-2-10-21-18(24)15-4-6-16(19)7-5-15;/h4-7,14,20H,2-3,8-13H2,1H3,(H,21,24);1H. The van der Waals surface area contributed by atoms with Crippen LogP contribution in [0.2, 0.25) is 5.02 Å². The molecule has 1 aromatic carbocycles. The zero-order valence-electron chi connectivity index (χ0n) is 14.6. The van der Waals surface area contributed by atoms with Gasteiger partial charge < -0.3 is 15.5 Å². The van der Waals surface area contributed by atoms with Crippen LogP contribution in [0.25, 0.3) is 0 Å². The number of likely N-dealkylation sites (tertiary alicyclic amines) is 1. The minimum atomic E-state index is -0.132. The summed E-state index contributed by atoms with van der Waals surface area (Å²) in [6.45, 7) is 3.23. The van der Waals surface area contributed by atoms with Gasteiger partial charge in [-0.25, -0.2) is 0 Å². The summed E-state index contributed by atoms with van der Waals surface area (Å²) in [5, 5.41) is 6.65. The summed E-state index contributed by atoms with van der Waals surface area (Å²) in [5.74, 6) is 0.739. The molecule has 1 aliphatic rings. The summed E-state index contributed by atoms with van der Waals surface area (Å²) < 4.78 is 0. The Morgan fingerprint density at radius 1 is 1.20 bits per heavy atom. The van der Waals surface area contributed by atoms with Gasteiger partial charge in [0.1, 0.15) is 0 Å². The predicted molar refractivity (Wildman–Crippen MR) is 103 cm³/mol. The number of rotatable bonds is 7. The van der Waals surface area contributed by atoms with Gasteiger partial charge in [-0.1, -0.05) is 11.6 Å². The van der Waals surface area contributed by atoms with Crippen LogP contribution in [0.5, 0.6) is 0 Å². The smallest absolute Gasteiger partial charge is 0.251 e. The third-order valence-corrected chi connectivity index (χ3v) is 4.67. The molecule has 2 N–H and O–H groups in total. The van der Waals surface area contributed by atoms with Crippen LogP contribution in [0.1, 0.15) is 36.0 Å². The monoisotopic (exact) mass is 387 g/mol. The van der Waals surface area contributed by atoms with Gasteiger partial charge in [0.15, 0.2) is 0 Å². The Kier molecular flexibility index (Phi) is 9.86. The first-order valence-electron chi connectivity index (χ1n) is 8.56. The van der Waals surface area contributed by atoms with Crippen molar-refractivity contribution in [2.75, 3.05) is 33.2 Å². The number of carbonyl (C=O) groups is 2. The molecule has 0 saturated carbocycles. The van der Waals surface area contributed by atoms with Crippen molar-refractivity contribution in [1.29, 1.82) is 0 Å². The first-order valence-corrected chi connectivity index (χ1v) is 8.94. The van der Waals surface area contributed by atoms with Crippen molar-refractivity contribution in [2.24, 2.45) is 5.92 Å². The number of nitrogens with one attached hydrogen (secondary N) is 2. The molecular weight excluding hydrogens is 361 g/mol. The van der Waals surface area contributed by atoms with Gasteiger partial charge in [-0.05, 0) is 63.0 Å². The lowest BCUT2D eigenvalue weighted by Gasteiger charge is -2.32. The van der Waals surface area contributed by atoms with Crippen molar-refractivity contribution in [1.82, 2.24) is 15.5 Å². The number of hydrogen-bond donors (Lipinski definition) is 2. The number of amides is 2. The minimum Gasteiger partial charge on any atom is -0.352 e. The second-order valence-corrected chi connectivity index (χ2v) is 6.68. The van der Waals surface area contributed by atoms with E-state index >= 15 is 0 Å². The van der Waals surface area contributed by atoms with Crippen LogP contribution in [0.3, 0.4) is 0 Å². The fourth-order valence-electron chi connectivity index (χ4n) is 2.98. The van der Waals surface area contributed by atoms with Crippen molar-refractivity contribution in [3.63, 3.8) is 0 Å².